The number of nitrogens with one attached hydrogen (secondary N) is 2. The molecule has 1 aromatic heterocycles. The number of carbonyl (C=O) groups excluding carboxylic acids is 2. The number of carbonyl (C=O) groups is 2. The summed E-state index contributed by atoms with van der Waals surface area (Å²) in [6, 6.07) is 26.4. The molecule has 2 N–H and O–H groups in total. The number of amides is 2. The van der Waals surface area contributed by atoms with Crippen LogP contribution in [0.3, 0.4) is 0 Å². The van der Waals surface area contributed by atoms with Gasteiger partial charge in [0, 0.05) is 23.5 Å². The van der Waals surface area contributed by atoms with E-state index in [1.54, 1.807) is 54.6 Å². The van der Waals surface area contributed by atoms with Gasteiger partial charge < -0.3 is 24.5 Å². The quantitative estimate of drug-likeness (QED) is 0.395. The Kier molecular flexibility index (Phi) is 6.48. The van der Waals surface area contributed by atoms with Crippen LogP contribution in [0.15, 0.2) is 102 Å². The van der Waals surface area contributed by atoms with Gasteiger partial charge in [-0.2, -0.15) is 0 Å². The fraction of sp³-hybridized carbons (Fsp3) is 0.0400. The van der Waals surface area contributed by atoms with E-state index in [1.165, 1.54) is 6.26 Å². The maximum absolute atomic E-state index is 12.3. The van der Waals surface area contributed by atoms with Crippen molar-refractivity contribution in [2.75, 3.05) is 17.2 Å². The molecular weight excluding hydrogens is 408 g/mol. The Balaban J connectivity index is 1.30. The third-order valence-electron chi connectivity index (χ3n) is 4.30. The Bertz CT molecular complexity index is 1190. The van der Waals surface area contributed by atoms with Crippen molar-refractivity contribution >= 4 is 23.2 Å². The Morgan fingerprint density at radius 2 is 1.41 bits per heavy atom. The molecule has 0 atom stereocenters. The molecule has 0 fully saturated rings. The topological polar surface area (TPSA) is 89.8 Å². The summed E-state index contributed by atoms with van der Waals surface area (Å²) < 4.78 is 16.4. The molecule has 0 unspecified atom stereocenters. The number of hydrogen-bond acceptors (Lipinski definition) is 5. The Labute approximate surface area is 184 Å². The van der Waals surface area contributed by atoms with Crippen LogP contribution < -0.4 is 20.1 Å². The molecule has 0 saturated heterocycles. The van der Waals surface area contributed by atoms with Crippen LogP contribution in [0.1, 0.15) is 10.6 Å². The molecule has 7 nitrogen and oxygen atoms in total. The predicted molar refractivity (Wildman–Crippen MR) is 120 cm³/mol. The fourth-order valence-corrected chi connectivity index (χ4v) is 2.87. The molecule has 32 heavy (non-hydrogen) atoms. The van der Waals surface area contributed by atoms with Gasteiger partial charge in [-0.05, 0) is 48.5 Å². The van der Waals surface area contributed by atoms with E-state index in [4.69, 9.17) is 13.9 Å². The molecule has 7 heteroatoms. The Morgan fingerprint density at radius 3 is 2.16 bits per heavy atom. The summed E-state index contributed by atoms with van der Waals surface area (Å²) in [4.78, 5) is 24.4. The van der Waals surface area contributed by atoms with Crippen molar-refractivity contribution < 1.29 is 23.5 Å². The van der Waals surface area contributed by atoms with E-state index in [0.29, 0.717) is 28.6 Å². The summed E-state index contributed by atoms with van der Waals surface area (Å²) in [5.74, 6) is 1.26. The SMILES string of the molecule is O=C(COc1cccc(NC(=O)c2ccco2)c1)Nc1cccc(Oc2ccccc2)c1. The van der Waals surface area contributed by atoms with Gasteiger partial charge in [-0.3, -0.25) is 9.59 Å². The van der Waals surface area contributed by atoms with Crippen LogP contribution >= 0.6 is 0 Å². The van der Waals surface area contributed by atoms with Crippen molar-refractivity contribution in [2.24, 2.45) is 0 Å². The lowest BCUT2D eigenvalue weighted by Gasteiger charge is -2.10. The number of ether oxygens (including phenoxy) is 2. The minimum atomic E-state index is -0.373. The van der Waals surface area contributed by atoms with E-state index in [-0.39, 0.29) is 24.2 Å². The molecule has 4 rings (SSSR count). The molecule has 1 heterocycles. The number of rotatable bonds is 8. The first-order valence-corrected chi connectivity index (χ1v) is 9.86. The van der Waals surface area contributed by atoms with E-state index in [1.807, 2.05) is 36.4 Å². The maximum Gasteiger partial charge on any atom is 0.291 e. The van der Waals surface area contributed by atoms with Crippen LogP contribution in [0.25, 0.3) is 0 Å². The van der Waals surface area contributed by atoms with E-state index >= 15 is 0 Å². The first-order chi connectivity index (χ1) is 15.7. The summed E-state index contributed by atoms with van der Waals surface area (Å²) in [6.07, 6.45) is 1.43. The van der Waals surface area contributed by atoms with Crippen molar-refractivity contribution in [1.29, 1.82) is 0 Å². The highest BCUT2D eigenvalue weighted by molar-refractivity contribution is 6.02. The van der Waals surface area contributed by atoms with Gasteiger partial charge in [0.05, 0.1) is 6.26 Å². The summed E-state index contributed by atoms with van der Waals surface area (Å²) in [6.45, 7) is -0.195. The lowest BCUT2D eigenvalue weighted by Crippen LogP contribution is -2.20. The second kappa shape index (κ2) is 9.99. The number of benzene rings is 3. The predicted octanol–water partition coefficient (Wildman–Crippen LogP) is 5.34. The van der Waals surface area contributed by atoms with Gasteiger partial charge in [0.15, 0.2) is 12.4 Å². The van der Waals surface area contributed by atoms with Crippen molar-refractivity contribution in [3.05, 3.63) is 103 Å². The second-order valence-electron chi connectivity index (χ2n) is 6.74. The van der Waals surface area contributed by atoms with Crippen molar-refractivity contribution in [2.45, 2.75) is 0 Å². The Morgan fingerprint density at radius 1 is 0.719 bits per heavy atom. The summed E-state index contributed by atoms with van der Waals surface area (Å²) >= 11 is 0. The number of anilines is 2. The second-order valence-corrected chi connectivity index (χ2v) is 6.74. The zero-order chi connectivity index (χ0) is 22.2. The van der Waals surface area contributed by atoms with Crippen LogP contribution in [0, 0.1) is 0 Å². The smallest absolute Gasteiger partial charge is 0.291 e. The zero-order valence-electron chi connectivity index (χ0n) is 17.0. The molecule has 160 valence electrons. The van der Waals surface area contributed by atoms with Gasteiger partial charge in [0.2, 0.25) is 0 Å². The molecule has 0 radical (unpaired) electrons. The minimum Gasteiger partial charge on any atom is -0.484 e. The molecule has 3 aromatic carbocycles. The zero-order valence-corrected chi connectivity index (χ0v) is 17.0. The van der Waals surface area contributed by atoms with Crippen LogP contribution in [-0.2, 0) is 4.79 Å². The first kappa shape index (κ1) is 20.7. The summed E-state index contributed by atoms with van der Waals surface area (Å²) in [5, 5.41) is 5.49. The van der Waals surface area contributed by atoms with Gasteiger partial charge in [-0.15, -0.1) is 0 Å². The molecule has 0 aliphatic heterocycles. The highest BCUT2D eigenvalue weighted by atomic mass is 16.5. The number of furan rings is 1. The molecular formula is C25H20N2O5. The van der Waals surface area contributed by atoms with Gasteiger partial charge in [-0.1, -0.05) is 30.3 Å². The van der Waals surface area contributed by atoms with Crippen molar-refractivity contribution in [3.8, 4) is 17.2 Å². The highest BCUT2D eigenvalue weighted by Gasteiger charge is 2.10. The Hall–Kier alpha value is -4.52. The molecule has 0 aliphatic rings. The van der Waals surface area contributed by atoms with Crippen LogP contribution in [0.4, 0.5) is 11.4 Å². The highest BCUT2D eigenvalue weighted by Crippen LogP contribution is 2.24. The standard InChI is InChI=1S/C25H20N2O5/c28-24(26-18-7-5-12-22(16-18)32-20-9-2-1-3-10-20)17-31-21-11-4-8-19(15-21)27-25(29)23-13-6-14-30-23/h1-16H,17H2,(H,26,28)(H,27,29). The van der Waals surface area contributed by atoms with E-state index in [9.17, 15) is 9.59 Å². The maximum atomic E-state index is 12.3. The number of para-hydroxylation sites is 1. The van der Waals surface area contributed by atoms with Crippen LogP contribution in [-0.4, -0.2) is 18.4 Å². The monoisotopic (exact) mass is 428 g/mol. The number of hydrogen-bond donors (Lipinski definition) is 2. The molecule has 0 spiro atoms. The van der Waals surface area contributed by atoms with Crippen LogP contribution in [0.2, 0.25) is 0 Å². The molecule has 0 aliphatic carbocycles. The van der Waals surface area contributed by atoms with Crippen LogP contribution in [0.5, 0.6) is 17.2 Å². The van der Waals surface area contributed by atoms with Gasteiger partial charge in [0.25, 0.3) is 11.8 Å². The molecule has 2 amide bonds. The molecule has 0 bridgehead atoms. The third kappa shape index (κ3) is 5.76. The van der Waals surface area contributed by atoms with Crippen molar-refractivity contribution in [1.82, 2.24) is 0 Å². The lowest BCUT2D eigenvalue weighted by molar-refractivity contribution is -0.118. The lowest BCUT2D eigenvalue weighted by atomic mass is 10.3. The minimum absolute atomic E-state index is 0.195. The molecule has 4 aromatic rings. The normalized spacial score (nSPS) is 10.2. The van der Waals surface area contributed by atoms with E-state index in [2.05, 4.69) is 10.6 Å². The van der Waals surface area contributed by atoms with E-state index in [0.717, 1.165) is 0 Å². The molecule has 0 saturated carbocycles. The van der Waals surface area contributed by atoms with Crippen molar-refractivity contribution in [3.63, 3.8) is 0 Å². The summed E-state index contributed by atoms with van der Waals surface area (Å²) in [5.41, 5.74) is 1.11. The third-order valence-corrected chi connectivity index (χ3v) is 4.30. The van der Waals surface area contributed by atoms with Gasteiger partial charge >= 0.3 is 0 Å². The summed E-state index contributed by atoms with van der Waals surface area (Å²) in [7, 11) is 0. The fourth-order valence-electron chi connectivity index (χ4n) is 2.87. The first-order valence-electron chi connectivity index (χ1n) is 9.86. The average molecular weight is 428 g/mol. The van der Waals surface area contributed by atoms with Gasteiger partial charge in [0.1, 0.15) is 17.2 Å². The average Bonchev–Trinajstić information content (AvgIpc) is 3.34. The van der Waals surface area contributed by atoms with Gasteiger partial charge in [-0.25, -0.2) is 0 Å². The van der Waals surface area contributed by atoms with E-state index < -0.39 is 0 Å². The largest absolute Gasteiger partial charge is 0.484 e.